The van der Waals surface area contributed by atoms with Gasteiger partial charge in [-0.2, -0.15) is 0 Å². The fraction of sp³-hybridized carbons (Fsp3) is 0.278. The van der Waals surface area contributed by atoms with Gasteiger partial charge in [0.15, 0.2) is 0 Å². The molecule has 1 aliphatic heterocycles. The van der Waals surface area contributed by atoms with Crippen LogP contribution in [0.25, 0.3) is 0 Å². The van der Waals surface area contributed by atoms with E-state index in [0.29, 0.717) is 22.6 Å². The first-order valence-corrected chi connectivity index (χ1v) is 7.88. The molecule has 0 radical (unpaired) electrons. The number of hydrogen-bond acceptors (Lipinski definition) is 4. The van der Waals surface area contributed by atoms with Crippen molar-refractivity contribution in [1.82, 2.24) is 4.90 Å². The second-order valence-corrected chi connectivity index (χ2v) is 5.79. The topological polar surface area (TPSA) is 71.0 Å². The van der Waals surface area contributed by atoms with Crippen molar-refractivity contribution < 1.29 is 28.2 Å². The van der Waals surface area contributed by atoms with Crippen LogP contribution >= 0.6 is 0 Å². The van der Waals surface area contributed by atoms with E-state index in [1.165, 1.54) is 25.2 Å². The number of halogens is 2. The molecular weight excluding hydrogens is 346 g/mol. The molecule has 8 heteroatoms. The van der Waals surface area contributed by atoms with E-state index in [-0.39, 0.29) is 13.1 Å². The Kier molecular flexibility index (Phi) is 4.94. The van der Waals surface area contributed by atoms with Gasteiger partial charge in [-0.25, -0.2) is 13.6 Å². The molecule has 0 aliphatic carbocycles. The lowest BCUT2D eigenvalue weighted by molar-refractivity contribution is 0.105. The maximum absolute atomic E-state index is 13.8. The lowest BCUT2D eigenvalue weighted by Gasteiger charge is -2.34. The molecule has 26 heavy (non-hydrogen) atoms. The smallest absolute Gasteiger partial charge is 0.322 e. The van der Waals surface area contributed by atoms with E-state index in [2.05, 4.69) is 5.32 Å². The summed E-state index contributed by atoms with van der Waals surface area (Å²) < 4.78 is 38.1. The average molecular weight is 364 g/mol. The number of hydrogen-bond donors (Lipinski definition) is 2. The number of para-hydroxylation sites is 1. The van der Waals surface area contributed by atoms with Crippen LogP contribution in [0.1, 0.15) is 17.2 Å². The number of nitrogens with one attached hydrogen (secondary N) is 1. The van der Waals surface area contributed by atoms with Gasteiger partial charge in [-0.3, -0.25) is 0 Å². The first-order chi connectivity index (χ1) is 12.5. The number of carbonyl (C=O) groups excluding carboxylic acids is 1. The molecule has 6 nitrogen and oxygen atoms in total. The van der Waals surface area contributed by atoms with Gasteiger partial charge in [-0.1, -0.05) is 6.07 Å². The molecule has 2 aromatic carbocycles. The van der Waals surface area contributed by atoms with Gasteiger partial charge in [-0.15, -0.1) is 0 Å². The Morgan fingerprint density at radius 2 is 1.77 bits per heavy atom. The number of anilines is 1. The summed E-state index contributed by atoms with van der Waals surface area (Å²) in [5.74, 6) is -0.797. The SMILES string of the molecule is COc1ccc(OC)c2c1CN(C(=O)Nc1c(F)cccc1F)CC2O. The van der Waals surface area contributed by atoms with Gasteiger partial charge in [0.25, 0.3) is 0 Å². The van der Waals surface area contributed by atoms with Crippen LogP contribution in [-0.4, -0.2) is 36.8 Å². The number of fused-ring (bicyclic) bond motifs is 1. The Hall–Kier alpha value is -2.87. The second kappa shape index (κ2) is 7.17. The number of nitrogens with zero attached hydrogens (tertiary/aromatic N) is 1. The van der Waals surface area contributed by atoms with Gasteiger partial charge in [0, 0.05) is 11.1 Å². The molecule has 2 amide bonds. The van der Waals surface area contributed by atoms with E-state index < -0.39 is 29.5 Å². The van der Waals surface area contributed by atoms with Crippen molar-refractivity contribution in [2.24, 2.45) is 0 Å². The summed E-state index contributed by atoms with van der Waals surface area (Å²) >= 11 is 0. The number of ether oxygens (including phenoxy) is 2. The minimum absolute atomic E-state index is 0.0571. The van der Waals surface area contributed by atoms with Crippen molar-refractivity contribution >= 4 is 11.7 Å². The van der Waals surface area contributed by atoms with E-state index in [9.17, 15) is 18.7 Å². The minimum atomic E-state index is -1.03. The zero-order valence-electron chi connectivity index (χ0n) is 14.3. The number of aliphatic hydroxyl groups is 1. The van der Waals surface area contributed by atoms with E-state index in [4.69, 9.17) is 9.47 Å². The molecule has 0 spiro atoms. The highest BCUT2D eigenvalue weighted by Gasteiger charge is 2.32. The number of benzene rings is 2. The monoisotopic (exact) mass is 364 g/mol. The molecule has 138 valence electrons. The van der Waals surface area contributed by atoms with Crippen LogP contribution in [0.5, 0.6) is 11.5 Å². The van der Waals surface area contributed by atoms with Crippen LogP contribution in [0.15, 0.2) is 30.3 Å². The standard InChI is InChI=1S/C18H18F2N2O4/c1-25-14-6-7-15(26-2)16-10(14)8-22(9-13(16)23)18(24)21-17-11(19)4-3-5-12(17)20/h3-7,13,23H,8-9H2,1-2H3,(H,21,24). The number of methoxy groups -OCH3 is 2. The number of urea groups is 1. The molecule has 0 saturated carbocycles. The Morgan fingerprint density at radius 1 is 1.15 bits per heavy atom. The van der Waals surface area contributed by atoms with Crippen LogP contribution in [-0.2, 0) is 6.54 Å². The predicted octanol–water partition coefficient (Wildman–Crippen LogP) is 3.06. The number of amides is 2. The normalized spacial score (nSPS) is 16.0. The summed E-state index contributed by atoms with van der Waals surface area (Å²) in [6.45, 7) is 0.0348. The quantitative estimate of drug-likeness (QED) is 0.878. The summed E-state index contributed by atoms with van der Waals surface area (Å²) in [6.07, 6.45) is -1.03. The van der Waals surface area contributed by atoms with Crippen molar-refractivity contribution in [2.45, 2.75) is 12.6 Å². The summed E-state index contributed by atoms with van der Waals surface area (Å²) in [5.41, 5.74) is 0.582. The first-order valence-electron chi connectivity index (χ1n) is 7.88. The molecule has 0 saturated heterocycles. The van der Waals surface area contributed by atoms with Gasteiger partial charge in [0.2, 0.25) is 0 Å². The largest absolute Gasteiger partial charge is 0.496 e. The third kappa shape index (κ3) is 3.15. The molecule has 1 aliphatic rings. The van der Waals surface area contributed by atoms with Gasteiger partial charge in [-0.05, 0) is 24.3 Å². The van der Waals surface area contributed by atoms with Gasteiger partial charge >= 0.3 is 6.03 Å². The molecule has 1 unspecified atom stereocenters. The number of β-amino-alcohol motifs (C(OH)–C–C–N with tert-alkyl or cyclic N) is 1. The van der Waals surface area contributed by atoms with Crippen LogP contribution in [0.4, 0.5) is 19.3 Å². The fourth-order valence-corrected chi connectivity index (χ4v) is 3.03. The second-order valence-electron chi connectivity index (χ2n) is 5.79. The number of carbonyl (C=O) groups is 1. The van der Waals surface area contributed by atoms with Crippen molar-refractivity contribution in [3.05, 3.63) is 53.1 Å². The number of rotatable bonds is 3. The first kappa shape index (κ1) is 17.9. The molecule has 2 N–H and O–H groups in total. The van der Waals surface area contributed by atoms with Crippen LogP contribution in [0.3, 0.4) is 0 Å². The maximum Gasteiger partial charge on any atom is 0.322 e. The van der Waals surface area contributed by atoms with Crippen LogP contribution < -0.4 is 14.8 Å². The molecule has 1 heterocycles. The van der Waals surface area contributed by atoms with Crippen molar-refractivity contribution in [3.8, 4) is 11.5 Å². The van der Waals surface area contributed by atoms with Crippen molar-refractivity contribution in [1.29, 1.82) is 0 Å². The highest BCUT2D eigenvalue weighted by Crippen LogP contribution is 2.39. The van der Waals surface area contributed by atoms with E-state index >= 15 is 0 Å². The minimum Gasteiger partial charge on any atom is -0.496 e. The zero-order valence-corrected chi connectivity index (χ0v) is 14.3. The lowest BCUT2D eigenvalue weighted by atomic mass is 9.95. The Balaban J connectivity index is 1.90. The summed E-state index contributed by atoms with van der Waals surface area (Å²) in [7, 11) is 2.96. The van der Waals surface area contributed by atoms with E-state index in [1.807, 2.05) is 0 Å². The summed E-state index contributed by atoms with van der Waals surface area (Å²) in [6, 6.07) is 5.91. The van der Waals surface area contributed by atoms with E-state index in [1.54, 1.807) is 12.1 Å². The van der Waals surface area contributed by atoms with Gasteiger partial charge in [0.1, 0.15) is 34.9 Å². The molecule has 3 rings (SSSR count). The molecule has 0 aromatic heterocycles. The van der Waals surface area contributed by atoms with Crippen LogP contribution in [0, 0.1) is 11.6 Å². The highest BCUT2D eigenvalue weighted by atomic mass is 19.1. The molecule has 0 bridgehead atoms. The summed E-state index contributed by atoms with van der Waals surface area (Å²) in [5, 5.41) is 12.7. The average Bonchev–Trinajstić information content (AvgIpc) is 2.63. The zero-order chi connectivity index (χ0) is 18.8. The van der Waals surface area contributed by atoms with Crippen molar-refractivity contribution in [2.75, 3.05) is 26.1 Å². The molecular formula is C18H18F2N2O4. The van der Waals surface area contributed by atoms with Crippen molar-refractivity contribution in [3.63, 3.8) is 0 Å². The third-order valence-electron chi connectivity index (χ3n) is 4.27. The predicted molar refractivity (Wildman–Crippen MR) is 90.3 cm³/mol. The Labute approximate surface area is 148 Å². The Bertz CT molecular complexity index is 824. The molecule has 1 atom stereocenters. The van der Waals surface area contributed by atoms with Gasteiger partial charge < -0.3 is 24.8 Å². The third-order valence-corrected chi connectivity index (χ3v) is 4.27. The Morgan fingerprint density at radius 3 is 2.38 bits per heavy atom. The molecule has 2 aromatic rings. The lowest BCUT2D eigenvalue weighted by Crippen LogP contribution is -2.41. The summed E-state index contributed by atoms with van der Waals surface area (Å²) in [4.78, 5) is 13.7. The maximum atomic E-state index is 13.8. The fourth-order valence-electron chi connectivity index (χ4n) is 3.03. The van der Waals surface area contributed by atoms with E-state index in [0.717, 1.165) is 12.1 Å². The highest BCUT2D eigenvalue weighted by molar-refractivity contribution is 5.90. The number of aliphatic hydroxyl groups excluding tert-OH is 1. The van der Waals surface area contributed by atoms with Gasteiger partial charge in [0.05, 0.1) is 27.3 Å². The molecule has 0 fully saturated rings. The van der Waals surface area contributed by atoms with Crippen LogP contribution in [0.2, 0.25) is 0 Å².